The molecule has 0 unspecified atom stereocenters. The van der Waals surface area contributed by atoms with Crippen LogP contribution in [0.1, 0.15) is 12.3 Å². The molecule has 1 aromatic heterocycles. The second-order valence-corrected chi connectivity index (χ2v) is 5.78. The van der Waals surface area contributed by atoms with Crippen molar-refractivity contribution in [3.63, 3.8) is 0 Å². The van der Waals surface area contributed by atoms with E-state index in [-0.39, 0.29) is 17.5 Å². The number of nitrogens with zero attached hydrogens (tertiary/aromatic N) is 3. The standard InChI is InChI=1S/C16H19FN4O4/c1-10-19-20-15(25-10)13-8-12(2-3-14(13)17)24-7-4-11-9-21(16(22)23)6-5-18-11/h2-3,8,11,18H,4-7,9H2,1H3,(H,22,23)/t11-/m1/s1. The molecule has 2 N–H and O–H groups in total. The summed E-state index contributed by atoms with van der Waals surface area (Å²) in [6, 6.07) is 4.36. The third-order valence-corrected chi connectivity index (χ3v) is 3.96. The highest BCUT2D eigenvalue weighted by Crippen LogP contribution is 2.26. The number of piperazine rings is 1. The first-order valence-corrected chi connectivity index (χ1v) is 7.97. The molecule has 3 rings (SSSR count). The Balaban J connectivity index is 1.57. The minimum absolute atomic E-state index is 0.0309. The van der Waals surface area contributed by atoms with Gasteiger partial charge in [0.15, 0.2) is 0 Å². The van der Waals surface area contributed by atoms with E-state index in [2.05, 4.69) is 15.5 Å². The highest BCUT2D eigenvalue weighted by molar-refractivity contribution is 5.65. The van der Waals surface area contributed by atoms with Crippen LogP contribution in [-0.2, 0) is 0 Å². The SMILES string of the molecule is Cc1nnc(-c2cc(OCC[C@@H]3CN(C(=O)O)CCN3)ccc2F)o1. The average Bonchev–Trinajstić information content (AvgIpc) is 3.03. The number of halogens is 1. The van der Waals surface area contributed by atoms with Gasteiger partial charge < -0.3 is 24.5 Å². The Kier molecular flexibility index (Phi) is 5.13. The highest BCUT2D eigenvalue weighted by atomic mass is 19.1. The third kappa shape index (κ3) is 4.24. The van der Waals surface area contributed by atoms with Gasteiger partial charge in [-0.05, 0) is 24.6 Å². The fraction of sp³-hybridized carbons (Fsp3) is 0.438. The van der Waals surface area contributed by atoms with Crippen LogP contribution in [-0.4, -0.2) is 58.6 Å². The molecule has 1 atom stereocenters. The predicted molar refractivity (Wildman–Crippen MR) is 85.9 cm³/mol. The van der Waals surface area contributed by atoms with E-state index in [9.17, 15) is 9.18 Å². The Hall–Kier alpha value is -2.68. The molecule has 0 spiro atoms. The smallest absolute Gasteiger partial charge is 0.407 e. The molecule has 0 aliphatic carbocycles. The zero-order valence-electron chi connectivity index (χ0n) is 13.7. The first-order chi connectivity index (χ1) is 12.0. The fourth-order valence-corrected chi connectivity index (χ4v) is 2.68. The molecule has 8 nitrogen and oxygen atoms in total. The number of carboxylic acid groups (broad SMARTS) is 1. The summed E-state index contributed by atoms with van der Waals surface area (Å²) in [6.45, 7) is 3.53. The van der Waals surface area contributed by atoms with Gasteiger partial charge in [-0.15, -0.1) is 10.2 Å². The lowest BCUT2D eigenvalue weighted by Crippen LogP contribution is -2.52. The third-order valence-electron chi connectivity index (χ3n) is 3.96. The van der Waals surface area contributed by atoms with Gasteiger partial charge in [-0.1, -0.05) is 0 Å². The molecular weight excluding hydrogens is 331 g/mol. The van der Waals surface area contributed by atoms with Gasteiger partial charge in [-0.2, -0.15) is 0 Å². The Labute approximate surface area is 143 Å². The average molecular weight is 350 g/mol. The minimum Gasteiger partial charge on any atom is -0.494 e. The molecule has 1 saturated heterocycles. The number of ether oxygens (including phenoxy) is 1. The molecule has 2 heterocycles. The normalized spacial score (nSPS) is 17.5. The molecule has 9 heteroatoms. The van der Waals surface area contributed by atoms with E-state index in [1.165, 1.54) is 23.1 Å². The predicted octanol–water partition coefficient (Wildman–Crippen LogP) is 1.90. The van der Waals surface area contributed by atoms with Crippen LogP contribution in [0, 0.1) is 12.7 Å². The highest BCUT2D eigenvalue weighted by Gasteiger charge is 2.22. The van der Waals surface area contributed by atoms with Gasteiger partial charge in [0, 0.05) is 32.6 Å². The topological polar surface area (TPSA) is 101 Å². The lowest BCUT2D eigenvalue weighted by atomic mass is 10.1. The number of hydrogen-bond donors (Lipinski definition) is 2. The van der Waals surface area contributed by atoms with Crippen molar-refractivity contribution < 1.29 is 23.4 Å². The van der Waals surface area contributed by atoms with Crippen LogP contribution in [0.15, 0.2) is 22.6 Å². The second-order valence-electron chi connectivity index (χ2n) is 5.78. The van der Waals surface area contributed by atoms with Crippen molar-refractivity contribution in [1.82, 2.24) is 20.4 Å². The van der Waals surface area contributed by atoms with Crippen molar-refractivity contribution in [3.05, 3.63) is 29.9 Å². The number of benzene rings is 1. The summed E-state index contributed by atoms with van der Waals surface area (Å²) in [5.41, 5.74) is 0.186. The molecule has 1 aromatic carbocycles. The van der Waals surface area contributed by atoms with E-state index in [0.29, 0.717) is 44.3 Å². The van der Waals surface area contributed by atoms with E-state index in [4.69, 9.17) is 14.3 Å². The van der Waals surface area contributed by atoms with Crippen LogP contribution < -0.4 is 10.1 Å². The number of rotatable bonds is 5. The molecule has 0 saturated carbocycles. The van der Waals surface area contributed by atoms with Gasteiger partial charge in [-0.25, -0.2) is 9.18 Å². The fourth-order valence-electron chi connectivity index (χ4n) is 2.68. The molecular formula is C16H19FN4O4. The number of nitrogens with one attached hydrogen (secondary N) is 1. The first-order valence-electron chi connectivity index (χ1n) is 7.97. The van der Waals surface area contributed by atoms with Gasteiger partial charge in [-0.3, -0.25) is 0 Å². The van der Waals surface area contributed by atoms with Gasteiger partial charge in [0.25, 0.3) is 5.89 Å². The Morgan fingerprint density at radius 3 is 3.08 bits per heavy atom. The van der Waals surface area contributed by atoms with Crippen LogP contribution in [0.4, 0.5) is 9.18 Å². The van der Waals surface area contributed by atoms with Crippen molar-refractivity contribution in [2.24, 2.45) is 0 Å². The van der Waals surface area contributed by atoms with Gasteiger partial charge in [0.2, 0.25) is 5.89 Å². The van der Waals surface area contributed by atoms with E-state index in [1.807, 2.05) is 0 Å². The molecule has 0 radical (unpaired) electrons. The van der Waals surface area contributed by atoms with Crippen LogP contribution in [0.3, 0.4) is 0 Å². The van der Waals surface area contributed by atoms with E-state index < -0.39 is 11.9 Å². The second kappa shape index (κ2) is 7.47. The van der Waals surface area contributed by atoms with Crippen molar-refractivity contribution >= 4 is 6.09 Å². The lowest BCUT2D eigenvalue weighted by molar-refractivity contribution is 0.124. The van der Waals surface area contributed by atoms with Gasteiger partial charge >= 0.3 is 6.09 Å². The summed E-state index contributed by atoms with van der Waals surface area (Å²) in [4.78, 5) is 12.4. The van der Waals surface area contributed by atoms with Crippen molar-refractivity contribution in [2.75, 3.05) is 26.2 Å². The Morgan fingerprint density at radius 2 is 2.36 bits per heavy atom. The quantitative estimate of drug-likeness (QED) is 0.849. The summed E-state index contributed by atoms with van der Waals surface area (Å²) >= 11 is 0. The molecule has 1 fully saturated rings. The van der Waals surface area contributed by atoms with E-state index in [1.54, 1.807) is 6.92 Å². The Morgan fingerprint density at radius 1 is 1.52 bits per heavy atom. The first kappa shape index (κ1) is 17.2. The monoisotopic (exact) mass is 350 g/mol. The number of hydrogen-bond acceptors (Lipinski definition) is 6. The zero-order valence-corrected chi connectivity index (χ0v) is 13.7. The van der Waals surface area contributed by atoms with Crippen molar-refractivity contribution in [1.29, 1.82) is 0 Å². The van der Waals surface area contributed by atoms with Crippen LogP contribution >= 0.6 is 0 Å². The van der Waals surface area contributed by atoms with Gasteiger partial charge in [0.1, 0.15) is 11.6 Å². The van der Waals surface area contributed by atoms with E-state index >= 15 is 0 Å². The molecule has 2 aromatic rings. The van der Waals surface area contributed by atoms with Gasteiger partial charge in [0.05, 0.1) is 12.2 Å². The molecule has 1 aliphatic rings. The molecule has 134 valence electrons. The molecule has 1 aliphatic heterocycles. The van der Waals surface area contributed by atoms with Crippen molar-refractivity contribution in [3.8, 4) is 17.2 Å². The molecule has 0 bridgehead atoms. The Bertz CT molecular complexity index is 751. The molecule has 25 heavy (non-hydrogen) atoms. The lowest BCUT2D eigenvalue weighted by Gasteiger charge is -2.31. The number of aryl methyl sites for hydroxylation is 1. The number of carbonyl (C=O) groups is 1. The summed E-state index contributed by atoms with van der Waals surface area (Å²) in [5, 5.41) is 19.8. The zero-order chi connectivity index (χ0) is 17.8. The number of aromatic nitrogens is 2. The minimum atomic E-state index is -0.912. The van der Waals surface area contributed by atoms with Crippen LogP contribution in [0.2, 0.25) is 0 Å². The largest absolute Gasteiger partial charge is 0.494 e. The summed E-state index contributed by atoms with van der Waals surface area (Å²) in [5.74, 6) is 0.471. The summed E-state index contributed by atoms with van der Waals surface area (Å²) in [6.07, 6.45) is -0.277. The van der Waals surface area contributed by atoms with Crippen LogP contribution in [0.5, 0.6) is 5.75 Å². The number of amides is 1. The van der Waals surface area contributed by atoms with Crippen LogP contribution in [0.25, 0.3) is 11.5 Å². The van der Waals surface area contributed by atoms with E-state index in [0.717, 1.165) is 0 Å². The maximum Gasteiger partial charge on any atom is 0.407 e. The van der Waals surface area contributed by atoms with Crippen molar-refractivity contribution in [2.45, 2.75) is 19.4 Å². The maximum atomic E-state index is 13.9. The maximum absolute atomic E-state index is 13.9. The molecule has 1 amide bonds. The summed E-state index contributed by atoms with van der Waals surface area (Å²) in [7, 11) is 0. The summed E-state index contributed by atoms with van der Waals surface area (Å²) < 4.78 is 24.9.